The first-order valence-electron chi connectivity index (χ1n) is 10.2. The van der Waals surface area contributed by atoms with Crippen molar-refractivity contribution in [3.8, 4) is 22.5 Å². The Balaban J connectivity index is 1.48. The summed E-state index contributed by atoms with van der Waals surface area (Å²) in [4.78, 5) is 10.7. The second-order valence-electron chi connectivity index (χ2n) is 7.96. The van der Waals surface area contributed by atoms with Crippen molar-refractivity contribution < 1.29 is 5.11 Å². The molecule has 0 saturated carbocycles. The summed E-state index contributed by atoms with van der Waals surface area (Å²) in [5.41, 5.74) is 8.06. The summed E-state index contributed by atoms with van der Waals surface area (Å²) < 4.78 is 0. The van der Waals surface area contributed by atoms with Crippen LogP contribution in [0.4, 0.5) is 0 Å². The van der Waals surface area contributed by atoms with Gasteiger partial charge in [-0.1, -0.05) is 54.6 Å². The van der Waals surface area contributed by atoms with Crippen LogP contribution >= 0.6 is 0 Å². The number of nitrogens with zero attached hydrogens (tertiary/aromatic N) is 2. The predicted octanol–water partition coefficient (Wildman–Crippen LogP) is 4.77. The Morgan fingerprint density at radius 2 is 1.86 bits per heavy atom. The summed E-state index contributed by atoms with van der Waals surface area (Å²) in [6, 6.07) is 23.3. The Hall–Kier alpha value is -2.95. The lowest BCUT2D eigenvalue weighted by molar-refractivity contribution is 0.175. The van der Waals surface area contributed by atoms with Crippen LogP contribution in [0.3, 0.4) is 0 Å². The van der Waals surface area contributed by atoms with E-state index >= 15 is 0 Å². The van der Waals surface area contributed by atoms with E-state index in [-0.39, 0.29) is 6.10 Å². The van der Waals surface area contributed by atoms with Crippen molar-refractivity contribution in [3.63, 3.8) is 0 Å². The molecule has 2 heterocycles. The third kappa shape index (κ3) is 3.57. The summed E-state index contributed by atoms with van der Waals surface area (Å²) in [5.74, 6) is 0.900. The van der Waals surface area contributed by atoms with Crippen LogP contribution in [0.1, 0.15) is 17.5 Å². The molecule has 0 spiro atoms. The van der Waals surface area contributed by atoms with Crippen molar-refractivity contribution in [1.82, 2.24) is 14.9 Å². The first kappa shape index (κ1) is 18.1. The fraction of sp³-hybridized carbons (Fsp3) is 0.240. The molecule has 4 heteroatoms. The lowest BCUT2D eigenvalue weighted by atomic mass is 9.99. The fourth-order valence-electron chi connectivity index (χ4n) is 4.31. The highest BCUT2D eigenvalue weighted by atomic mass is 16.3. The molecule has 1 aromatic heterocycles. The van der Waals surface area contributed by atoms with Crippen molar-refractivity contribution in [2.24, 2.45) is 0 Å². The number of β-amino-alcohol motifs (C(OH)–C–C–N with tert-alkyl or cyclic N) is 1. The van der Waals surface area contributed by atoms with E-state index in [0.717, 1.165) is 48.5 Å². The minimum atomic E-state index is -0.185. The number of aromatic nitrogens is 2. The van der Waals surface area contributed by atoms with Crippen LogP contribution in [0.15, 0.2) is 66.7 Å². The largest absolute Gasteiger partial charge is 0.392 e. The Morgan fingerprint density at radius 3 is 2.66 bits per heavy atom. The van der Waals surface area contributed by atoms with Gasteiger partial charge in [0.2, 0.25) is 0 Å². The molecule has 3 aromatic carbocycles. The van der Waals surface area contributed by atoms with Gasteiger partial charge in [-0.3, -0.25) is 4.90 Å². The molecule has 5 rings (SSSR count). The monoisotopic (exact) mass is 383 g/mol. The van der Waals surface area contributed by atoms with Gasteiger partial charge in [0.05, 0.1) is 17.1 Å². The van der Waals surface area contributed by atoms with Crippen molar-refractivity contribution in [3.05, 3.63) is 77.9 Å². The van der Waals surface area contributed by atoms with E-state index in [1.165, 1.54) is 22.3 Å². The van der Waals surface area contributed by atoms with E-state index in [4.69, 9.17) is 4.98 Å². The molecule has 1 saturated heterocycles. The van der Waals surface area contributed by atoms with Crippen LogP contribution in [-0.4, -0.2) is 39.2 Å². The molecule has 4 aromatic rings. The number of hydrogen-bond donors (Lipinski definition) is 2. The highest BCUT2D eigenvalue weighted by molar-refractivity contribution is 5.88. The van der Waals surface area contributed by atoms with Crippen LogP contribution < -0.4 is 0 Å². The number of imidazole rings is 1. The number of aliphatic hydroxyl groups is 1. The summed E-state index contributed by atoms with van der Waals surface area (Å²) in [5, 5.41) is 9.76. The zero-order valence-corrected chi connectivity index (χ0v) is 16.6. The van der Waals surface area contributed by atoms with E-state index in [2.05, 4.69) is 77.5 Å². The van der Waals surface area contributed by atoms with Crippen LogP contribution in [0, 0.1) is 6.92 Å². The SMILES string of the molecule is Cc1c(-c2ccccc2)ccc2[nH]c(-c3cccc(CN4CC[C@@H](O)C4)c3)nc12. The van der Waals surface area contributed by atoms with Gasteiger partial charge in [-0.05, 0) is 47.7 Å². The van der Waals surface area contributed by atoms with Crippen molar-refractivity contribution in [2.45, 2.75) is 26.0 Å². The first-order valence-corrected chi connectivity index (χ1v) is 10.2. The normalized spacial score (nSPS) is 17.2. The van der Waals surface area contributed by atoms with E-state index < -0.39 is 0 Å². The minimum Gasteiger partial charge on any atom is -0.392 e. The van der Waals surface area contributed by atoms with E-state index in [9.17, 15) is 5.11 Å². The number of fused-ring (bicyclic) bond motifs is 1. The lowest BCUT2D eigenvalue weighted by Crippen LogP contribution is -2.21. The van der Waals surface area contributed by atoms with Gasteiger partial charge >= 0.3 is 0 Å². The molecule has 1 aliphatic heterocycles. The molecule has 29 heavy (non-hydrogen) atoms. The Morgan fingerprint density at radius 1 is 1.03 bits per heavy atom. The molecule has 0 unspecified atom stereocenters. The molecule has 0 aliphatic carbocycles. The van der Waals surface area contributed by atoms with Gasteiger partial charge in [0.1, 0.15) is 5.82 Å². The van der Waals surface area contributed by atoms with Gasteiger partial charge in [-0.15, -0.1) is 0 Å². The molecule has 0 amide bonds. The van der Waals surface area contributed by atoms with Crippen LogP contribution in [0.25, 0.3) is 33.5 Å². The summed E-state index contributed by atoms with van der Waals surface area (Å²) in [6.07, 6.45) is 0.682. The van der Waals surface area contributed by atoms with Crippen LogP contribution in [0.2, 0.25) is 0 Å². The Kier molecular flexibility index (Phi) is 4.66. The second-order valence-corrected chi connectivity index (χ2v) is 7.96. The smallest absolute Gasteiger partial charge is 0.138 e. The van der Waals surface area contributed by atoms with Gasteiger partial charge in [-0.2, -0.15) is 0 Å². The number of rotatable bonds is 4. The highest BCUT2D eigenvalue weighted by Gasteiger charge is 2.20. The maximum absolute atomic E-state index is 9.76. The molecule has 0 bridgehead atoms. The van der Waals surface area contributed by atoms with Gasteiger partial charge in [0.15, 0.2) is 0 Å². The number of likely N-dealkylation sites (tertiary alicyclic amines) is 1. The van der Waals surface area contributed by atoms with Crippen molar-refractivity contribution >= 4 is 11.0 Å². The number of aryl methyl sites for hydroxylation is 1. The fourth-order valence-corrected chi connectivity index (χ4v) is 4.31. The summed E-state index contributed by atoms with van der Waals surface area (Å²) in [7, 11) is 0. The highest BCUT2D eigenvalue weighted by Crippen LogP contribution is 2.30. The minimum absolute atomic E-state index is 0.185. The second kappa shape index (κ2) is 7.47. The average Bonchev–Trinajstić information content (AvgIpc) is 3.36. The zero-order chi connectivity index (χ0) is 19.8. The Labute approximate surface area is 170 Å². The van der Waals surface area contributed by atoms with Gasteiger partial charge in [0.25, 0.3) is 0 Å². The predicted molar refractivity (Wildman–Crippen MR) is 118 cm³/mol. The summed E-state index contributed by atoms with van der Waals surface area (Å²) >= 11 is 0. The molecular weight excluding hydrogens is 358 g/mol. The van der Waals surface area contributed by atoms with Crippen LogP contribution in [0.5, 0.6) is 0 Å². The lowest BCUT2D eigenvalue weighted by Gasteiger charge is -2.15. The average molecular weight is 383 g/mol. The third-order valence-electron chi connectivity index (χ3n) is 5.85. The molecule has 4 nitrogen and oxygen atoms in total. The third-order valence-corrected chi connectivity index (χ3v) is 5.85. The quantitative estimate of drug-likeness (QED) is 0.534. The first-order chi connectivity index (χ1) is 14.2. The number of H-pyrrole nitrogens is 1. The van der Waals surface area contributed by atoms with E-state index in [1.54, 1.807) is 0 Å². The molecule has 2 N–H and O–H groups in total. The van der Waals surface area contributed by atoms with E-state index in [1.807, 2.05) is 6.07 Å². The molecule has 0 radical (unpaired) electrons. The number of aromatic amines is 1. The number of nitrogens with one attached hydrogen (secondary N) is 1. The number of benzene rings is 3. The molecular formula is C25H25N3O. The maximum Gasteiger partial charge on any atom is 0.138 e. The Bertz CT molecular complexity index is 1150. The van der Waals surface area contributed by atoms with Gasteiger partial charge in [0, 0.05) is 25.2 Å². The van der Waals surface area contributed by atoms with Crippen molar-refractivity contribution in [2.75, 3.05) is 13.1 Å². The molecule has 1 fully saturated rings. The van der Waals surface area contributed by atoms with Crippen molar-refractivity contribution in [1.29, 1.82) is 0 Å². The molecule has 146 valence electrons. The zero-order valence-electron chi connectivity index (χ0n) is 16.6. The topological polar surface area (TPSA) is 52.2 Å². The standard InChI is InChI=1S/C25H25N3O/c1-17-22(19-7-3-2-4-8-19)10-11-23-24(17)27-25(26-23)20-9-5-6-18(14-20)15-28-13-12-21(29)16-28/h2-11,14,21,29H,12-13,15-16H2,1H3,(H,26,27)/t21-/m1/s1. The van der Waals surface area contributed by atoms with Gasteiger partial charge < -0.3 is 10.1 Å². The summed E-state index contributed by atoms with van der Waals surface area (Å²) in [6.45, 7) is 4.72. The molecule has 1 atom stereocenters. The van der Waals surface area contributed by atoms with Gasteiger partial charge in [-0.25, -0.2) is 4.98 Å². The number of hydrogen-bond acceptors (Lipinski definition) is 3. The number of aliphatic hydroxyl groups excluding tert-OH is 1. The maximum atomic E-state index is 9.76. The van der Waals surface area contributed by atoms with E-state index in [0.29, 0.717) is 0 Å². The van der Waals surface area contributed by atoms with Crippen LogP contribution in [-0.2, 0) is 6.54 Å². The molecule has 1 aliphatic rings.